The van der Waals surface area contributed by atoms with E-state index in [-0.39, 0.29) is 20.8 Å². The maximum atomic E-state index is 11.8. The standard InChI is InChI=1S/C7H7Cl3O7P2/c8-4-1-5(9)7(6(10)2-4)16-19(15,17-11)3-18(12,13)14/h1-2,11H,3H2,(H2,12,13,14). The summed E-state index contributed by atoms with van der Waals surface area (Å²) in [5.74, 6) is -1.72. The molecule has 1 rings (SSSR count). The van der Waals surface area contributed by atoms with Crippen molar-refractivity contribution in [1.29, 1.82) is 0 Å². The van der Waals surface area contributed by atoms with E-state index in [0.29, 0.717) is 0 Å². The number of rotatable bonds is 5. The van der Waals surface area contributed by atoms with Gasteiger partial charge < -0.3 is 14.3 Å². The Morgan fingerprint density at radius 2 is 1.58 bits per heavy atom. The van der Waals surface area contributed by atoms with Crippen LogP contribution >= 0.6 is 50.0 Å². The molecule has 0 aromatic heterocycles. The lowest BCUT2D eigenvalue weighted by atomic mass is 10.3. The molecule has 0 bridgehead atoms. The highest BCUT2D eigenvalue weighted by Gasteiger charge is 2.37. The maximum absolute atomic E-state index is 11.8. The van der Waals surface area contributed by atoms with E-state index in [9.17, 15) is 9.13 Å². The lowest BCUT2D eigenvalue weighted by molar-refractivity contribution is -0.143. The smallest absolute Gasteiger partial charge is 0.418 e. The minimum absolute atomic E-state index is 0.164. The largest absolute Gasteiger partial charge is 0.419 e. The average Bonchev–Trinajstić information content (AvgIpc) is 2.21. The van der Waals surface area contributed by atoms with Gasteiger partial charge in [-0.15, -0.1) is 4.67 Å². The van der Waals surface area contributed by atoms with Crippen LogP contribution in [0.3, 0.4) is 0 Å². The molecule has 0 aliphatic rings. The predicted octanol–water partition coefficient (Wildman–Crippen LogP) is 3.84. The van der Waals surface area contributed by atoms with Gasteiger partial charge in [0.15, 0.2) is 11.7 Å². The molecule has 0 fully saturated rings. The molecule has 0 saturated carbocycles. The lowest BCUT2D eigenvalue weighted by Gasteiger charge is -2.17. The van der Waals surface area contributed by atoms with Gasteiger partial charge in [0.1, 0.15) is 0 Å². The van der Waals surface area contributed by atoms with E-state index < -0.39 is 21.1 Å². The summed E-state index contributed by atoms with van der Waals surface area (Å²) in [5.41, 5.74) is 0. The molecule has 0 heterocycles. The molecule has 0 aliphatic heterocycles. The highest BCUT2D eigenvalue weighted by atomic mass is 35.5. The number of hydrogen-bond donors (Lipinski definition) is 3. The molecule has 1 aromatic carbocycles. The summed E-state index contributed by atoms with van der Waals surface area (Å²) in [6.07, 6.45) is 0. The Balaban J connectivity index is 3.13. The van der Waals surface area contributed by atoms with Crippen molar-refractivity contribution in [2.45, 2.75) is 0 Å². The van der Waals surface area contributed by atoms with Gasteiger partial charge in [-0.05, 0) is 12.1 Å². The van der Waals surface area contributed by atoms with Crippen LogP contribution in [0.1, 0.15) is 0 Å². The lowest BCUT2D eigenvalue weighted by Crippen LogP contribution is -2.02. The first kappa shape index (κ1) is 17.2. The van der Waals surface area contributed by atoms with Crippen LogP contribution in [0.25, 0.3) is 0 Å². The molecule has 0 aliphatic carbocycles. The van der Waals surface area contributed by atoms with Crippen LogP contribution in [0.4, 0.5) is 0 Å². The topological polar surface area (TPSA) is 113 Å². The average molecular weight is 371 g/mol. The normalized spacial score (nSPS) is 15.1. The van der Waals surface area contributed by atoms with Crippen LogP contribution in [0.2, 0.25) is 15.1 Å². The maximum Gasteiger partial charge on any atom is 0.418 e. The van der Waals surface area contributed by atoms with Crippen molar-refractivity contribution in [2.24, 2.45) is 0 Å². The quantitative estimate of drug-likeness (QED) is 0.409. The third-order valence-electron chi connectivity index (χ3n) is 1.68. The summed E-state index contributed by atoms with van der Waals surface area (Å²) in [5, 5.41) is 8.33. The van der Waals surface area contributed by atoms with Crippen LogP contribution in [-0.4, -0.2) is 20.9 Å². The van der Waals surface area contributed by atoms with Crippen molar-refractivity contribution in [3.63, 3.8) is 0 Å². The minimum Gasteiger partial charge on any atom is -0.419 e. The summed E-state index contributed by atoms with van der Waals surface area (Å²) in [6.45, 7) is 0. The molecule has 3 N–H and O–H groups in total. The summed E-state index contributed by atoms with van der Waals surface area (Å²) < 4.78 is 30.9. The van der Waals surface area contributed by atoms with Crippen molar-refractivity contribution in [1.82, 2.24) is 0 Å². The van der Waals surface area contributed by atoms with Gasteiger partial charge in [0.2, 0.25) is 0 Å². The first-order valence-electron chi connectivity index (χ1n) is 4.37. The third-order valence-corrected chi connectivity index (χ3v) is 6.02. The molecule has 0 spiro atoms. The van der Waals surface area contributed by atoms with Crippen LogP contribution in [-0.2, 0) is 13.8 Å². The van der Waals surface area contributed by atoms with Gasteiger partial charge in [-0.2, -0.15) is 0 Å². The Bertz CT molecular complexity index is 549. The Kier molecular flexibility index (Phi) is 5.72. The molecule has 0 saturated heterocycles. The predicted molar refractivity (Wildman–Crippen MR) is 70.3 cm³/mol. The van der Waals surface area contributed by atoms with Gasteiger partial charge in [0.25, 0.3) is 0 Å². The van der Waals surface area contributed by atoms with Gasteiger partial charge in [-0.25, -0.2) is 9.82 Å². The van der Waals surface area contributed by atoms with Gasteiger partial charge >= 0.3 is 15.2 Å². The summed E-state index contributed by atoms with van der Waals surface area (Å²) in [7, 11) is -9.30. The van der Waals surface area contributed by atoms with Crippen LogP contribution < -0.4 is 4.52 Å². The molecule has 1 atom stereocenters. The van der Waals surface area contributed by atoms with E-state index >= 15 is 0 Å². The van der Waals surface area contributed by atoms with E-state index in [0.717, 1.165) is 0 Å². The third kappa shape index (κ3) is 5.23. The zero-order valence-electron chi connectivity index (χ0n) is 8.86. The fourth-order valence-electron chi connectivity index (χ4n) is 1.05. The highest BCUT2D eigenvalue weighted by Crippen LogP contribution is 2.59. The summed E-state index contributed by atoms with van der Waals surface area (Å²) in [6, 6.07) is 2.40. The molecular weight excluding hydrogens is 364 g/mol. The first-order valence-corrected chi connectivity index (χ1v) is 9.03. The van der Waals surface area contributed by atoms with Crippen molar-refractivity contribution in [2.75, 3.05) is 5.90 Å². The molecule has 0 radical (unpaired) electrons. The fourth-order valence-corrected chi connectivity index (χ4v) is 4.80. The zero-order valence-corrected chi connectivity index (χ0v) is 12.9. The van der Waals surface area contributed by atoms with Gasteiger partial charge in [0.05, 0.1) is 10.0 Å². The van der Waals surface area contributed by atoms with Crippen molar-refractivity contribution in [3.05, 3.63) is 27.2 Å². The van der Waals surface area contributed by atoms with E-state index in [4.69, 9.17) is 54.4 Å². The van der Waals surface area contributed by atoms with E-state index in [1.165, 1.54) is 12.1 Å². The highest BCUT2D eigenvalue weighted by molar-refractivity contribution is 7.70. The van der Waals surface area contributed by atoms with Crippen LogP contribution in [0.5, 0.6) is 5.75 Å². The Labute approximate surface area is 122 Å². The van der Waals surface area contributed by atoms with Crippen LogP contribution in [0.15, 0.2) is 12.1 Å². The fraction of sp³-hybridized carbons (Fsp3) is 0.143. The molecule has 108 valence electrons. The van der Waals surface area contributed by atoms with Crippen molar-refractivity contribution >= 4 is 50.0 Å². The molecule has 7 nitrogen and oxygen atoms in total. The molecule has 1 unspecified atom stereocenters. The number of hydrogen-bond acceptors (Lipinski definition) is 5. The summed E-state index contributed by atoms with van der Waals surface area (Å²) >= 11 is 17.1. The second-order valence-electron chi connectivity index (χ2n) is 3.29. The van der Waals surface area contributed by atoms with Crippen molar-refractivity contribution in [3.8, 4) is 5.75 Å². The SMILES string of the molecule is O=P(O)(O)CP(=O)(OO)Oc1c(Cl)cc(Cl)cc1Cl. The summed E-state index contributed by atoms with van der Waals surface area (Å²) in [4.78, 5) is 17.5. The van der Waals surface area contributed by atoms with Gasteiger partial charge in [0, 0.05) is 5.02 Å². The Morgan fingerprint density at radius 3 is 1.95 bits per heavy atom. The minimum atomic E-state index is -4.77. The van der Waals surface area contributed by atoms with E-state index in [2.05, 4.69) is 4.67 Å². The monoisotopic (exact) mass is 370 g/mol. The number of benzene rings is 1. The van der Waals surface area contributed by atoms with E-state index in [1.54, 1.807) is 0 Å². The molecule has 12 heteroatoms. The molecular formula is C7H7Cl3O7P2. The van der Waals surface area contributed by atoms with Crippen molar-refractivity contribution < 1.29 is 33.4 Å². The Morgan fingerprint density at radius 1 is 1.11 bits per heavy atom. The number of halogens is 3. The zero-order chi connectivity index (χ0) is 14.8. The van der Waals surface area contributed by atoms with E-state index in [1.807, 2.05) is 0 Å². The van der Waals surface area contributed by atoms with Crippen LogP contribution in [0, 0.1) is 0 Å². The molecule has 1 aromatic rings. The van der Waals surface area contributed by atoms with Gasteiger partial charge in [-0.3, -0.25) is 4.57 Å². The van der Waals surface area contributed by atoms with Gasteiger partial charge in [-0.1, -0.05) is 34.8 Å². The first-order chi connectivity index (χ1) is 8.56. The molecule has 19 heavy (non-hydrogen) atoms. The Hall–Kier alpha value is 0.190. The molecule has 0 amide bonds. The second-order valence-corrected chi connectivity index (χ2v) is 8.57. The second kappa shape index (κ2) is 6.31.